The standard InChI is InChI=1S/C18H35N3O8.C18H37NO8/c1-18(22)2-4-23-6-8-25-10-12-27-14-16-29-17-15-28-13-11-26-9-7-24-5-3-20-21-19;1-18(20)2-4-21-6-8-23-10-12-25-14-16-27-17-15-26-13-11-24-9-7-22-5-3-19/h2-17H2,1H3;2-17,19H2,1H3. The lowest BCUT2D eigenvalue weighted by molar-refractivity contribution is -0.119. The van der Waals surface area contributed by atoms with Crippen molar-refractivity contribution in [2.75, 3.05) is 198 Å². The van der Waals surface area contributed by atoms with E-state index < -0.39 is 0 Å². The molecule has 332 valence electrons. The molecule has 0 unspecified atom stereocenters. The van der Waals surface area contributed by atoms with Gasteiger partial charge in [-0.15, -0.1) is 0 Å². The Morgan fingerprint density at radius 2 is 0.571 bits per heavy atom. The third kappa shape index (κ3) is 58.8. The van der Waals surface area contributed by atoms with Gasteiger partial charge in [-0.2, -0.15) is 0 Å². The molecular formula is C36H72N4O16. The molecule has 20 nitrogen and oxygen atoms in total. The van der Waals surface area contributed by atoms with E-state index in [1.807, 2.05) is 0 Å². The van der Waals surface area contributed by atoms with Crippen LogP contribution in [-0.4, -0.2) is 210 Å². The Labute approximate surface area is 333 Å². The molecule has 0 aliphatic heterocycles. The first-order chi connectivity index (χ1) is 27.5. The molecule has 0 fully saturated rings. The van der Waals surface area contributed by atoms with Gasteiger partial charge in [-0.1, -0.05) is 5.11 Å². The summed E-state index contributed by atoms with van der Waals surface area (Å²) in [5.41, 5.74) is 13.4. The summed E-state index contributed by atoms with van der Waals surface area (Å²) in [6.45, 7) is 18.0. The Balaban J connectivity index is 0. The van der Waals surface area contributed by atoms with Crippen LogP contribution in [0.2, 0.25) is 0 Å². The molecule has 0 aliphatic rings. The first-order valence-electron chi connectivity index (χ1n) is 19.3. The fraction of sp³-hybridized carbons (Fsp3) is 0.944. The van der Waals surface area contributed by atoms with Crippen molar-refractivity contribution in [3.05, 3.63) is 10.4 Å². The molecule has 2 N–H and O–H groups in total. The van der Waals surface area contributed by atoms with Gasteiger partial charge in [-0.25, -0.2) is 0 Å². The van der Waals surface area contributed by atoms with E-state index >= 15 is 0 Å². The number of nitrogens with two attached hydrogens (primary N) is 1. The van der Waals surface area contributed by atoms with Gasteiger partial charge in [-0.05, 0) is 19.4 Å². The van der Waals surface area contributed by atoms with Crippen LogP contribution >= 0.6 is 0 Å². The fourth-order valence-electron chi connectivity index (χ4n) is 3.51. The molecule has 0 aromatic rings. The summed E-state index contributed by atoms with van der Waals surface area (Å²) < 4.78 is 74.4. The molecule has 0 spiro atoms. The van der Waals surface area contributed by atoms with Crippen molar-refractivity contribution in [1.29, 1.82) is 0 Å². The van der Waals surface area contributed by atoms with E-state index in [0.29, 0.717) is 211 Å². The second-order valence-electron chi connectivity index (χ2n) is 11.2. The van der Waals surface area contributed by atoms with Gasteiger partial charge in [-0.3, -0.25) is 9.59 Å². The quantitative estimate of drug-likeness (QED) is 0.0396. The molecule has 0 aliphatic carbocycles. The van der Waals surface area contributed by atoms with E-state index in [9.17, 15) is 9.59 Å². The zero-order valence-electron chi connectivity index (χ0n) is 34.1. The van der Waals surface area contributed by atoms with Crippen LogP contribution in [0.3, 0.4) is 0 Å². The number of azide groups is 1. The average molecular weight is 817 g/mol. The summed E-state index contributed by atoms with van der Waals surface area (Å²) >= 11 is 0. The maximum absolute atomic E-state index is 10.7. The Bertz CT molecular complexity index is 825. The van der Waals surface area contributed by atoms with Crippen molar-refractivity contribution in [2.24, 2.45) is 10.8 Å². The lowest BCUT2D eigenvalue weighted by atomic mass is 10.3. The number of ketones is 2. The highest BCUT2D eigenvalue weighted by atomic mass is 16.6. The van der Waals surface area contributed by atoms with Crippen molar-refractivity contribution in [3.8, 4) is 0 Å². The lowest BCUT2D eigenvalue weighted by Gasteiger charge is -2.08. The van der Waals surface area contributed by atoms with Crippen LogP contribution in [0, 0.1) is 0 Å². The van der Waals surface area contributed by atoms with Crippen LogP contribution in [0.1, 0.15) is 26.7 Å². The highest BCUT2D eigenvalue weighted by Crippen LogP contribution is 1.89. The number of carbonyl (C=O) groups excluding carboxylic acids is 2. The number of ether oxygens (including phenoxy) is 14. The Morgan fingerprint density at radius 1 is 0.375 bits per heavy atom. The molecule has 0 aromatic carbocycles. The number of nitrogens with zero attached hydrogens (tertiary/aromatic N) is 3. The van der Waals surface area contributed by atoms with E-state index in [4.69, 9.17) is 77.6 Å². The van der Waals surface area contributed by atoms with Crippen molar-refractivity contribution < 1.29 is 75.9 Å². The van der Waals surface area contributed by atoms with E-state index in [1.54, 1.807) is 13.8 Å². The highest BCUT2D eigenvalue weighted by Gasteiger charge is 1.98. The molecule has 0 radical (unpaired) electrons. The molecular weight excluding hydrogens is 744 g/mol. The molecule has 56 heavy (non-hydrogen) atoms. The second-order valence-corrected chi connectivity index (χ2v) is 11.2. The van der Waals surface area contributed by atoms with Crippen LogP contribution in [0.15, 0.2) is 5.11 Å². The van der Waals surface area contributed by atoms with Gasteiger partial charge < -0.3 is 72.0 Å². The number of rotatable bonds is 47. The second kappa shape index (κ2) is 53.0. The van der Waals surface area contributed by atoms with Gasteiger partial charge in [0.25, 0.3) is 0 Å². The van der Waals surface area contributed by atoms with Crippen molar-refractivity contribution in [3.63, 3.8) is 0 Å². The Kier molecular flexibility index (Phi) is 53.2. The predicted octanol–water partition coefficient (Wildman–Crippen LogP) is 1.43. The minimum atomic E-state index is 0.126. The zero-order valence-corrected chi connectivity index (χ0v) is 34.1. The number of Topliss-reactive ketones (excluding diaryl/α,β-unsaturated/α-hetero) is 2. The van der Waals surface area contributed by atoms with Gasteiger partial charge in [0, 0.05) is 30.8 Å². The minimum absolute atomic E-state index is 0.126. The first-order valence-corrected chi connectivity index (χ1v) is 19.3. The SMILES string of the molecule is CC(=O)CCOCCOCCOCCOCCOCCOCCOCCN.CC(=O)CCOCCOCCOCCOCCOCCOCCOCCN=[N+]=[N-]. The van der Waals surface area contributed by atoms with E-state index in [2.05, 4.69) is 10.0 Å². The van der Waals surface area contributed by atoms with Crippen LogP contribution in [0.25, 0.3) is 10.4 Å². The van der Waals surface area contributed by atoms with Crippen LogP contribution in [0.5, 0.6) is 0 Å². The van der Waals surface area contributed by atoms with Crippen LogP contribution < -0.4 is 5.73 Å². The zero-order chi connectivity index (χ0) is 41.1. The number of hydrogen-bond acceptors (Lipinski definition) is 18. The summed E-state index contributed by atoms with van der Waals surface area (Å²) in [5, 5.41) is 3.36. The fourth-order valence-corrected chi connectivity index (χ4v) is 3.51. The first kappa shape index (κ1) is 56.1. The largest absolute Gasteiger partial charge is 0.379 e. The molecule has 20 heteroatoms. The Morgan fingerprint density at radius 3 is 0.768 bits per heavy atom. The van der Waals surface area contributed by atoms with E-state index in [1.165, 1.54) is 0 Å². The third-order valence-corrected chi connectivity index (χ3v) is 6.32. The molecule has 0 saturated heterocycles. The van der Waals surface area contributed by atoms with E-state index in [-0.39, 0.29) is 11.6 Å². The van der Waals surface area contributed by atoms with Gasteiger partial charge >= 0.3 is 0 Å². The van der Waals surface area contributed by atoms with Crippen molar-refractivity contribution in [1.82, 2.24) is 0 Å². The molecule has 0 rings (SSSR count). The summed E-state index contributed by atoms with van der Waals surface area (Å²) in [5.74, 6) is 0.257. The van der Waals surface area contributed by atoms with Gasteiger partial charge in [0.1, 0.15) is 11.6 Å². The van der Waals surface area contributed by atoms with Crippen molar-refractivity contribution >= 4 is 11.6 Å². The maximum Gasteiger partial charge on any atom is 0.132 e. The average Bonchev–Trinajstić information content (AvgIpc) is 3.18. The van der Waals surface area contributed by atoms with Gasteiger partial charge in [0.15, 0.2) is 0 Å². The summed E-state index contributed by atoms with van der Waals surface area (Å²) in [7, 11) is 0. The normalized spacial score (nSPS) is 11.0. The smallest absolute Gasteiger partial charge is 0.132 e. The summed E-state index contributed by atoms with van der Waals surface area (Å²) in [6, 6.07) is 0. The lowest BCUT2D eigenvalue weighted by Crippen LogP contribution is -2.15. The van der Waals surface area contributed by atoms with Crippen LogP contribution in [0.4, 0.5) is 0 Å². The minimum Gasteiger partial charge on any atom is -0.379 e. The monoisotopic (exact) mass is 816 g/mol. The van der Waals surface area contributed by atoms with Gasteiger partial charge in [0.05, 0.1) is 185 Å². The van der Waals surface area contributed by atoms with E-state index in [0.717, 1.165) is 0 Å². The maximum atomic E-state index is 10.7. The van der Waals surface area contributed by atoms with Gasteiger partial charge in [0.2, 0.25) is 0 Å². The predicted molar refractivity (Wildman–Crippen MR) is 205 cm³/mol. The molecule has 0 bridgehead atoms. The Hall–Kier alpha value is -1.95. The molecule has 0 aromatic heterocycles. The van der Waals surface area contributed by atoms with Crippen LogP contribution in [-0.2, 0) is 75.9 Å². The van der Waals surface area contributed by atoms with Crippen molar-refractivity contribution in [2.45, 2.75) is 26.7 Å². The number of hydrogen-bond donors (Lipinski definition) is 1. The summed E-state index contributed by atoms with van der Waals surface area (Å²) in [6.07, 6.45) is 0.895. The summed E-state index contributed by atoms with van der Waals surface area (Å²) in [4.78, 5) is 24.0. The number of carbonyl (C=O) groups is 2. The molecule has 0 saturated carbocycles. The third-order valence-electron chi connectivity index (χ3n) is 6.32. The molecule has 0 heterocycles. The molecule has 0 amide bonds. The molecule has 0 atom stereocenters. The highest BCUT2D eigenvalue weighted by molar-refractivity contribution is 5.75. The topological polar surface area (TPSA) is 238 Å².